The number of rotatable bonds is 5. The van der Waals surface area contributed by atoms with E-state index in [1.807, 2.05) is 6.92 Å². The van der Waals surface area contributed by atoms with Gasteiger partial charge in [-0.25, -0.2) is 0 Å². The second-order valence-electron chi connectivity index (χ2n) is 4.32. The van der Waals surface area contributed by atoms with E-state index in [0.29, 0.717) is 18.7 Å². The molecular formula is C13H17F3N2O. The average Bonchev–Trinajstić information content (AvgIpc) is 2.28. The molecule has 1 aromatic carbocycles. The lowest BCUT2D eigenvalue weighted by molar-refractivity contribution is -0.137. The van der Waals surface area contributed by atoms with Gasteiger partial charge in [0.2, 0.25) is 5.91 Å². The number of likely N-dealkylation sites (N-methyl/N-ethyl adjacent to an activating group) is 2. The highest BCUT2D eigenvalue weighted by atomic mass is 19.4. The molecule has 0 bridgehead atoms. The number of benzene rings is 1. The van der Waals surface area contributed by atoms with Crippen LogP contribution in [0.2, 0.25) is 0 Å². The summed E-state index contributed by atoms with van der Waals surface area (Å²) < 4.78 is 37.6. The van der Waals surface area contributed by atoms with Crippen molar-refractivity contribution in [2.24, 2.45) is 0 Å². The Bertz CT molecular complexity index is 432. The molecule has 0 aliphatic heterocycles. The first-order chi connectivity index (χ1) is 8.82. The quantitative estimate of drug-likeness (QED) is 0.893. The number of amides is 1. The smallest absolute Gasteiger partial charge is 0.355 e. The predicted octanol–water partition coefficient (Wildman–Crippen LogP) is 2.27. The van der Waals surface area contributed by atoms with Gasteiger partial charge in [-0.15, -0.1) is 0 Å². The van der Waals surface area contributed by atoms with E-state index >= 15 is 0 Å². The number of carbonyl (C=O) groups excluding carboxylic acids is 1. The molecule has 3 nitrogen and oxygen atoms in total. The zero-order valence-electron chi connectivity index (χ0n) is 10.9. The Morgan fingerprint density at radius 1 is 1.37 bits per heavy atom. The summed E-state index contributed by atoms with van der Waals surface area (Å²) in [5.74, 6) is -0.142. The van der Waals surface area contributed by atoms with E-state index in [1.54, 1.807) is 18.0 Å². The lowest BCUT2D eigenvalue weighted by Gasteiger charge is -2.17. The Morgan fingerprint density at radius 3 is 2.63 bits per heavy atom. The van der Waals surface area contributed by atoms with Gasteiger partial charge in [0.1, 0.15) is 0 Å². The van der Waals surface area contributed by atoms with Crippen molar-refractivity contribution in [1.82, 2.24) is 10.2 Å². The van der Waals surface area contributed by atoms with E-state index in [1.165, 1.54) is 6.07 Å². The number of nitrogens with zero attached hydrogens (tertiary/aromatic N) is 1. The van der Waals surface area contributed by atoms with Gasteiger partial charge in [0, 0.05) is 13.1 Å². The number of carbonyl (C=O) groups is 1. The van der Waals surface area contributed by atoms with Crippen molar-refractivity contribution in [3.05, 3.63) is 35.4 Å². The van der Waals surface area contributed by atoms with Crippen LogP contribution in [-0.4, -0.2) is 30.9 Å². The molecule has 0 heterocycles. The number of nitrogens with one attached hydrogen (secondary N) is 1. The lowest BCUT2D eigenvalue weighted by atomic mass is 10.1. The van der Waals surface area contributed by atoms with Gasteiger partial charge in [-0.1, -0.05) is 18.2 Å². The van der Waals surface area contributed by atoms with Crippen molar-refractivity contribution in [2.75, 3.05) is 20.1 Å². The summed E-state index contributed by atoms with van der Waals surface area (Å²) in [5.41, 5.74) is -0.141. The third kappa shape index (κ3) is 5.30. The minimum atomic E-state index is -4.34. The molecular weight excluding hydrogens is 257 g/mol. The highest BCUT2D eigenvalue weighted by molar-refractivity contribution is 5.77. The summed E-state index contributed by atoms with van der Waals surface area (Å²) in [4.78, 5) is 13.0. The first-order valence-corrected chi connectivity index (χ1v) is 5.94. The van der Waals surface area contributed by atoms with Crippen LogP contribution in [0, 0.1) is 0 Å². The maximum absolute atomic E-state index is 12.5. The van der Waals surface area contributed by atoms with Gasteiger partial charge in [-0.05, 0) is 25.6 Å². The summed E-state index contributed by atoms with van der Waals surface area (Å²) in [7, 11) is 1.69. The van der Waals surface area contributed by atoms with E-state index in [0.717, 1.165) is 12.1 Å². The molecule has 6 heteroatoms. The summed E-state index contributed by atoms with van der Waals surface area (Å²) in [6.45, 7) is 2.80. The molecule has 0 aliphatic rings. The molecule has 1 aromatic rings. The Labute approximate surface area is 110 Å². The van der Waals surface area contributed by atoms with Crippen LogP contribution in [0.5, 0.6) is 0 Å². The van der Waals surface area contributed by atoms with E-state index < -0.39 is 11.7 Å². The monoisotopic (exact) mass is 274 g/mol. The van der Waals surface area contributed by atoms with Crippen LogP contribution < -0.4 is 5.32 Å². The van der Waals surface area contributed by atoms with Gasteiger partial charge in [0.05, 0.1) is 12.1 Å². The standard InChI is InChI=1S/C13H17F3N2O/c1-3-17-12(19)9-18(2)8-10-5-4-6-11(7-10)13(14,15)16/h4-7H,3,8-9H2,1-2H3,(H,17,19). The van der Waals surface area contributed by atoms with Crippen LogP contribution in [0.15, 0.2) is 24.3 Å². The fourth-order valence-corrected chi connectivity index (χ4v) is 1.71. The molecule has 0 spiro atoms. The number of halogens is 3. The summed E-state index contributed by atoms with van der Waals surface area (Å²) in [5, 5.41) is 2.64. The zero-order valence-corrected chi connectivity index (χ0v) is 10.9. The van der Waals surface area contributed by atoms with Gasteiger partial charge >= 0.3 is 6.18 Å². The Kier molecular flexibility index (Phi) is 5.35. The van der Waals surface area contributed by atoms with Crippen molar-refractivity contribution in [1.29, 1.82) is 0 Å². The summed E-state index contributed by atoms with van der Waals surface area (Å²) >= 11 is 0. The third-order valence-corrected chi connectivity index (χ3v) is 2.49. The van der Waals surface area contributed by atoms with Crippen LogP contribution >= 0.6 is 0 Å². The number of hydrogen-bond donors (Lipinski definition) is 1. The second kappa shape index (κ2) is 6.56. The summed E-state index contributed by atoms with van der Waals surface area (Å²) in [6, 6.07) is 5.13. The summed E-state index contributed by atoms with van der Waals surface area (Å²) in [6.07, 6.45) is -4.34. The highest BCUT2D eigenvalue weighted by Crippen LogP contribution is 2.29. The lowest BCUT2D eigenvalue weighted by Crippen LogP contribution is -2.34. The highest BCUT2D eigenvalue weighted by Gasteiger charge is 2.30. The Balaban J connectivity index is 2.64. The van der Waals surface area contributed by atoms with Gasteiger partial charge in [-0.3, -0.25) is 9.69 Å². The largest absolute Gasteiger partial charge is 0.416 e. The SMILES string of the molecule is CCNC(=O)CN(C)Cc1cccc(C(F)(F)F)c1. The molecule has 0 saturated carbocycles. The van der Waals surface area contributed by atoms with E-state index in [4.69, 9.17) is 0 Å². The average molecular weight is 274 g/mol. The molecule has 1 rings (SSSR count). The maximum Gasteiger partial charge on any atom is 0.416 e. The van der Waals surface area contributed by atoms with Crippen LogP contribution in [0.3, 0.4) is 0 Å². The van der Waals surface area contributed by atoms with E-state index in [2.05, 4.69) is 5.32 Å². The molecule has 0 fully saturated rings. The number of alkyl halides is 3. The third-order valence-electron chi connectivity index (χ3n) is 2.49. The predicted molar refractivity (Wildman–Crippen MR) is 66.5 cm³/mol. The minimum absolute atomic E-state index is 0.142. The molecule has 0 unspecified atom stereocenters. The van der Waals surface area contributed by atoms with E-state index in [9.17, 15) is 18.0 Å². The van der Waals surface area contributed by atoms with Crippen molar-refractivity contribution in [2.45, 2.75) is 19.6 Å². The van der Waals surface area contributed by atoms with Crippen molar-refractivity contribution < 1.29 is 18.0 Å². The number of hydrogen-bond acceptors (Lipinski definition) is 2. The molecule has 0 saturated heterocycles. The van der Waals surface area contributed by atoms with Crippen molar-refractivity contribution >= 4 is 5.91 Å². The van der Waals surface area contributed by atoms with Gasteiger partial charge in [0.25, 0.3) is 0 Å². The normalized spacial score (nSPS) is 11.7. The Morgan fingerprint density at radius 2 is 2.05 bits per heavy atom. The molecule has 0 aliphatic carbocycles. The van der Waals surface area contributed by atoms with E-state index in [-0.39, 0.29) is 12.5 Å². The van der Waals surface area contributed by atoms with Crippen LogP contribution in [0.4, 0.5) is 13.2 Å². The fourth-order valence-electron chi connectivity index (χ4n) is 1.71. The van der Waals surface area contributed by atoms with Crippen LogP contribution in [-0.2, 0) is 17.5 Å². The maximum atomic E-state index is 12.5. The molecule has 0 aromatic heterocycles. The topological polar surface area (TPSA) is 32.3 Å². The van der Waals surface area contributed by atoms with Crippen molar-refractivity contribution in [3.63, 3.8) is 0 Å². The van der Waals surface area contributed by atoms with Gasteiger partial charge in [0.15, 0.2) is 0 Å². The first-order valence-electron chi connectivity index (χ1n) is 5.94. The Hall–Kier alpha value is -1.56. The van der Waals surface area contributed by atoms with Gasteiger partial charge < -0.3 is 5.32 Å². The fraction of sp³-hybridized carbons (Fsp3) is 0.462. The van der Waals surface area contributed by atoms with Crippen molar-refractivity contribution in [3.8, 4) is 0 Å². The molecule has 0 radical (unpaired) electrons. The first kappa shape index (κ1) is 15.5. The second-order valence-corrected chi connectivity index (χ2v) is 4.32. The molecule has 1 N–H and O–H groups in total. The zero-order chi connectivity index (χ0) is 14.5. The van der Waals surface area contributed by atoms with Crippen LogP contribution in [0.1, 0.15) is 18.1 Å². The van der Waals surface area contributed by atoms with Crippen LogP contribution in [0.25, 0.3) is 0 Å². The molecule has 0 atom stereocenters. The molecule has 19 heavy (non-hydrogen) atoms. The molecule has 1 amide bonds. The van der Waals surface area contributed by atoms with Gasteiger partial charge in [-0.2, -0.15) is 13.2 Å². The molecule has 106 valence electrons. The minimum Gasteiger partial charge on any atom is -0.355 e.